The van der Waals surface area contributed by atoms with Gasteiger partial charge >= 0.3 is 0 Å². The van der Waals surface area contributed by atoms with Crippen LogP contribution in [0.15, 0.2) is 58.7 Å². The van der Waals surface area contributed by atoms with E-state index in [1.807, 2.05) is 24.3 Å². The van der Waals surface area contributed by atoms with E-state index in [1.165, 1.54) is 11.8 Å². The van der Waals surface area contributed by atoms with Gasteiger partial charge in [0.25, 0.3) is 0 Å². The van der Waals surface area contributed by atoms with E-state index in [-0.39, 0.29) is 16.9 Å². The summed E-state index contributed by atoms with van der Waals surface area (Å²) < 4.78 is 5.13. The normalized spacial score (nSPS) is 18.7. The highest BCUT2D eigenvalue weighted by Crippen LogP contribution is 2.24. The number of amidine groups is 1. The fraction of sp³-hybridized carbons (Fsp3) is 0.167. The van der Waals surface area contributed by atoms with Crippen LogP contribution < -0.4 is 10.1 Å². The Morgan fingerprint density at radius 2 is 1.92 bits per heavy atom. The number of methoxy groups -OCH3 is 1. The van der Waals surface area contributed by atoms with Crippen molar-refractivity contribution in [1.29, 1.82) is 0 Å². The first-order valence-electron chi connectivity index (χ1n) is 7.64. The van der Waals surface area contributed by atoms with Gasteiger partial charge in [0.15, 0.2) is 5.17 Å². The van der Waals surface area contributed by atoms with Crippen LogP contribution >= 0.6 is 11.8 Å². The van der Waals surface area contributed by atoms with Gasteiger partial charge in [0.1, 0.15) is 11.5 Å². The number of rotatable bonds is 5. The lowest BCUT2D eigenvalue weighted by atomic mass is 10.1. The number of hydrogen-bond donors (Lipinski definition) is 2. The van der Waals surface area contributed by atoms with Crippen LogP contribution in [0.2, 0.25) is 0 Å². The average molecular weight is 355 g/mol. The highest BCUT2D eigenvalue weighted by atomic mass is 32.2. The first-order valence-corrected chi connectivity index (χ1v) is 8.52. The number of aromatic hydroxyl groups is 1. The van der Waals surface area contributed by atoms with Gasteiger partial charge in [-0.2, -0.15) is 5.10 Å². The van der Waals surface area contributed by atoms with Gasteiger partial charge in [0, 0.05) is 0 Å². The fourth-order valence-electron chi connectivity index (χ4n) is 2.27. The number of carbonyl (C=O) groups excluding carboxylic acids is 1. The minimum Gasteiger partial charge on any atom is -0.508 e. The van der Waals surface area contributed by atoms with Gasteiger partial charge in [-0.25, -0.2) is 0 Å². The van der Waals surface area contributed by atoms with Crippen LogP contribution in [0, 0.1) is 0 Å². The molecule has 2 aromatic rings. The Morgan fingerprint density at radius 1 is 1.20 bits per heavy atom. The van der Waals surface area contributed by atoms with Gasteiger partial charge in [0.2, 0.25) is 5.91 Å². The summed E-state index contributed by atoms with van der Waals surface area (Å²) in [6.07, 6.45) is 2.18. The molecule has 1 aliphatic heterocycles. The van der Waals surface area contributed by atoms with Gasteiger partial charge in [0.05, 0.1) is 18.6 Å². The maximum absolute atomic E-state index is 12.1. The Balaban J connectivity index is 1.60. The number of hydrogen-bond acceptors (Lipinski definition) is 6. The number of nitrogens with one attached hydrogen (secondary N) is 1. The maximum Gasteiger partial charge on any atom is 0.239 e. The zero-order chi connectivity index (χ0) is 17.6. The van der Waals surface area contributed by atoms with Crippen LogP contribution in [-0.2, 0) is 11.2 Å². The monoisotopic (exact) mass is 355 g/mol. The fourth-order valence-corrected chi connectivity index (χ4v) is 3.24. The number of benzene rings is 2. The number of ether oxygens (including phenoxy) is 1. The van der Waals surface area contributed by atoms with Gasteiger partial charge in [-0.1, -0.05) is 23.9 Å². The molecular weight excluding hydrogens is 338 g/mol. The Hall–Kier alpha value is -2.80. The molecule has 0 aliphatic carbocycles. The van der Waals surface area contributed by atoms with Crippen LogP contribution in [0.3, 0.4) is 0 Å². The summed E-state index contributed by atoms with van der Waals surface area (Å²) in [7, 11) is 1.62. The molecule has 1 amide bonds. The van der Waals surface area contributed by atoms with Gasteiger partial charge in [-0.3, -0.25) is 4.79 Å². The molecule has 0 saturated carbocycles. The van der Waals surface area contributed by atoms with Crippen molar-refractivity contribution in [3.05, 3.63) is 59.7 Å². The molecule has 1 fully saturated rings. The molecule has 3 rings (SSSR count). The second kappa shape index (κ2) is 7.85. The summed E-state index contributed by atoms with van der Waals surface area (Å²) in [5.74, 6) is 0.918. The zero-order valence-electron chi connectivity index (χ0n) is 13.5. The Bertz CT molecular complexity index is 801. The molecule has 0 aromatic heterocycles. The zero-order valence-corrected chi connectivity index (χ0v) is 14.4. The van der Waals surface area contributed by atoms with Crippen molar-refractivity contribution in [3.8, 4) is 11.5 Å². The molecule has 25 heavy (non-hydrogen) atoms. The third-order valence-electron chi connectivity index (χ3n) is 3.61. The average Bonchev–Trinajstić information content (AvgIpc) is 2.97. The lowest BCUT2D eigenvalue weighted by Crippen LogP contribution is -2.25. The molecule has 1 aliphatic rings. The molecule has 2 aromatic carbocycles. The van der Waals surface area contributed by atoms with E-state index < -0.39 is 0 Å². The van der Waals surface area contributed by atoms with E-state index in [4.69, 9.17) is 4.74 Å². The third-order valence-corrected chi connectivity index (χ3v) is 4.68. The SMILES string of the molecule is COc1ccc(C[C@H]2S/C(=N/N=C/c3ccc(O)cc3)NC2=O)cc1. The second-order valence-corrected chi connectivity index (χ2v) is 6.58. The number of amides is 1. The summed E-state index contributed by atoms with van der Waals surface area (Å²) in [5, 5.41) is 20.3. The first-order chi connectivity index (χ1) is 12.1. The van der Waals surface area contributed by atoms with E-state index in [0.29, 0.717) is 11.6 Å². The summed E-state index contributed by atoms with van der Waals surface area (Å²) in [4.78, 5) is 12.1. The second-order valence-electron chi connectivity index (χ2n) is 5.39. The van der Waals surface area contributed by atoms with E-state index in [9.17, 15) is 9.90 Å². The first kappa shape index (κ1) is 17.0. The molecule has 7 heteroatoms. The van der Waals surface area contributed by atoms with Crippen molar-refractivity contribution in [2.24, 2.45) is 10.2 Å². The van der Waals surface area contributed by atoms with E-state index in [0.717, 1.165) is 16.9 Å². The minimum atomic E-state index is -0.226. The predicted molar refractivity (Wildman–Crippen MR) is 99.4 cm³/mol. The van der Waals surface area contributed by atoms with Crippen molar-refractivity contribution in [1.82, 2.24) is 5.32 Å². The summed E-state index contributed by atoms with van der Waals surface area (Å²) in [6, 6.07) is 14.3. The number of carbonyl (C=O) groups is 1. The van der Waals surface area contributed by atoms with Crippen molar-refractivity contribution < 1.29 is 14.6 Å². The summed E-state index contributed by atoms with van der Waals surface area (Å²) in [6.45, 7) is 0. The summed E-state index contributed by atoms with van der Waals surface area (Å²) in [5.41, 5.74) is 1.87. The quantitative estimate of drug-likeness (QED) is 0.638. The highest BCUT2D eigenvalue weighted by molar-refractivity contribution is 8.15. The van der Waals surface area contributed by atoms with Crippen LogP contribution in [0.25, 0.3) is 0 Å². The topological polar surface area (TPSA) is 83.3 Å². The van der Waals surface area contributed by atoms with Gasteiger partial charge in [-0.05, 0) is 53.9 Å². The van der Waals surface area contributed by atoms with Crippen molar-refractivity contribution in [2.75, 3.05) is 7.11 Å². The largest absolute Gasteiger partial charge is 0.508 e. The van der Waals surface area contributed by atoms with Crippen molar-refractivity contribution >= 4 is 29.1 Å². The molecule has 0 radical (unpaired) electrons. The number of phenolic OH excluding ortho intramolecular Hbond substituents is 1. The lowest BCUT2D eigenvalue weighted by molar-refractivity contribution is -0.118. The van der Waals surface area contributed by atoms with Crippen molar-refractivity contribution in [3.63, 3.8) is 0 Å². The van der Waals surface area contributed by atoms with E-state index in [2.05, 4.69) is 15.5 Å². The summed E-state index contributed by atoms with van der Waals surface area (Å²) >= 11 is 1.37. The van der Waals surface area contributed by atoms with E-state index >= 15 is 0 Å². The van der Waals surface area contributed by atoms with E-state index in [1.54, 1.807) is 37.6 Å². The van der Waals surface area contributed by atoms with Crippen LogP contribution in [0.5, 0.6) is 11.5 Å². The molecule has 6 nitrogen and oxygen atoms in total. The van der Waals surface area contributed by atoms with Crippen molar-refractivity contribution in [2.45, 2.75) is 11.7 Å². The van der Waals surface area contributed by atoms with Gasteiger partial charge < -0.3 is 15.2 Å². The van der Waals surface area contributed by atoms with Crippen LogP contribution in [0.1, 0.15) is 11.1 Å². The predicted octanol–water partition coefficient (Wildman–Crippen LogP) is 2.57. The maximum atomic E-state index is 12.1. The lowest BCUT2D eigenvalue weighted by Gasteiger charge is -2.06. The van der Waals surface area contributed by atoms with Crippen LogP contribution in [-0.4, -0.2) is 34.8 Å². The van der Waals surface area contributed by atoms with Gasteiger partial charge in [-0.15, -0.1) is 5.10 Å². The molecule has 1 saturated heterocycles. The standard InChI is InChI=1S/C18H17N3O3S/c1-24-15-8-4-12(5-9-15)10-16-17(23)20-18(25-16)21-19-11-13-2-6-14(22)7-3-13/h2-9,11,16,22H,10H2,1H3,(H,20,21,23)/b19-11+/t16-/m1/s1. The number of nitrogens with zero attached hydrogens (tertiary/aromatic N) is 2. The molecule has 1 atom stereocenters. The Morgan fingerprint density at radius 3 is 2.60 bits per heavy atom. The third kappa shape index (κ3) is 4.60. The Kier molecular flexibility index (Phi) is 5.35. The Labute approximate surface area is 149 Å². The highest BCUT2D eigenvalue weighted by Gasteiger charge is 2.30. The smallest absolute Gasteiger partial charge is 0.239 e. The molecule has 0 unspecified atom stereocenters. The molecular formula is C18H17N3O3S. The molecule has 128 valence electrons. The number of phenols is 1. The minimum absolute atomic E-state index is 0.0700. The molecule has 0 spiro atoms. The molecule has 1 heterocycles. The molecule has 2 N–H and O–H groups in total. The molecule has 0 bridgehead atoms. The van der Waals surface area contributed by atoms with Crippen LogP contribution in [0.4, 0.5) is 0 Å². The number of thioether (sulfide) groups is 1.